The van der Waals surface area contributed by atoms with Crippen LogP contribution >= 0.6 is 0 Å². The molecule has 0 bridgehead atoms. The van der Waals surface area contributed by atoms with Crippen molar-refractivity contribution in [3.05, 3.63) is 17.5 Å². The van der Waals surface area contributed by atoms with Gasteiger partial charge in [0, 0.05) is 38.4 Å². The third-order valence-corrected chi connectivity index (χ3v) is 3.36. The van der Waals surface area contributed by atoms with Gasteiger partial charge in [-0.25, -0.2) is 0 Å². The fraction of sp³-hybridized carbons (Fsp3) is 0.769. The summed E-state index contributed by atoms with van der Waals surface area (Å²) in [4.78, 5) is 2.47. The first-order valence-electron chi connectivity index (χ1n) is 6.75. The first-order valence-corrected chi connectivity index (χ1v) is 6.75. The van der Waals surface area contributed by atoms with Gasteiger partial charge in [-0.15, -0.1) is 0 Å². The molecule has 18 heavy (non-hydrogen) atoms. The van der Waals surface area contributed by atoms with E-state index >= 15 is 0 Å². The fourth-order valence-electron chi connectivity index (χ4n) is 2.30. The minimum Gasteiger partial charge on any atom is -0.379 e. The lowest BCUT2D eigenvalue weighted by Gasteiger charge is -2.26. The lowest BCUT2D eigenvalue weighted by molar-refractivity contribution is 0.0374. The maximum absolute atomic E-state index is 5.33. The van der Waals surface area contributed by atoms with E-state index in [0.29, 0.717) is 0 Å². The summed E-state index contributed by atoms with van der Waals surface area (Å²) in [6.45, 7) is 9.16. The number of nitrogens with zero attached hydrogens (tertiary/aromatic N) is 3. The summed E-state index contributed by atoms with van der Waals surface area (Å²) in [6, 6.07) is 0. The molecule has 0 radical (unpaired) electrons. The fourth-order valence-corrected chi connectivity index (χ4v) is 2.30. The first-order chi connectivity index (χ1) is 8.75. The van der Waals surface area contributed by atoms with E-state index < -0.39 is 0 Å². The smallest absolute Gasteiger partial charge is 0.0638 e. The number of nitrogens with one attached hydrogen (secondary N) is 1. The maximum atomic E-state index is 5.33. The Hall–Kier alpha value is -0.910. The molecule has 5 heteroatoms. The monoisotopic (exact) mass is 252 g/mol. The lowest BCUT2D eigenvalue weighted by atomic mass is 10.2. The third-order valence-electron chi connectivity index (χ3n) is 3.36. The van der Waals surface area contributed by atoms with Crippen LogP contribution in [-0.2, 0) is 18.3 Å². The Balaban J connectivity index is 1.57. The third kappa shape index (κ3) is 4.08. The predicted molar refractivity (Wildman–Crippen MR) is 71.5 cm³/mol. The van der Waals surface area contributed by atoms with Gasteiger partial charge in [0.15, 0.2) is 0 Å². The van der Waals surface area contributed by atoms with Gasteiger partial charge in [0.25, 0.3) is 0 Å². The van der Waals surface area contributed by atoms with E-state index in [1.54, 1.807) is 0 Å². The molecule has 0 aliphatic carbocycles. The molecule has 0 amide bonds. The van der Waals surface area contributed by atoms with Crippen LogP contribution in [0.1, 0.15) is 17.7 Å². The molecule has 1 N–H and O–H groups in total. The van der Waals surface area contributed by atoms with E-state index in [-0.39, 0.29) is 0 Å². The molecule has 5 nitrogen and oxygen atoms in total. The van der Waals surface area contributed by atoms with Gasteiger partial charge in [-0.05, 0) is 26.4 Å². The van der Waals surface area contributed by atoms with E-state index in [9.17, 15) is 0 Å². The summed E-state index contributed by atoms with van der Waals surface area (Å²) in [5.74, 6) is 0. The number of aryl methyl sites for hydroxylation is 2. The van der Waals surface area contributed by atoms with Crippen LogP contribution in [0.25, 0.3) is 0 Å². The van der Waals surface area contributed by atoms with E-state index in [4.69, 9.17) is 4.74 Å². The molecule has 0 aromatic carbocycles. The maximum Gasteiger partial charge on any atom is 0.0638 e. The average Bonchev–Trinajstić information content (AvgIpc) is 2.69. The zero-order valence-corrected chi connectivity index (χ0v) is 11.5. The predicted octanol–water partition coefficient (Wildman–Crippen LogP) is 0.540. The van der Waals surface area contributed by atoms with Crippen molar-refractivity contribution >= 4 is 0 Å². The van der Waals surface area contributed by atoms with Gasteiger partial charge in [-0.1, -0.05) is 0 Å². The molecule has 0 atom stereocenters. The quantitative estimate of drug-likeness (QED) is 0.751. The second kappa shape index (κ2) is 6.87. The summed E-state index contributed by atoms with van der Waals surface area (Å²) >= 11 is 0. The number of hydrogen-bond donors (Lipinski definition) is 1. The molecule has 0 unspecified atom stereocenters. The SMILES string of the molecule is Cc1nn(C)cc1CNCCCN1CCOCC1. The van der Waals surface area contributed by atoms with E-state index in [1.165, 1.54) is 18.5 Å². The molecule has 1 aromatic rings. The van der Waals surface area contributed by atoms with E-state index in [1.807, 2.05) is 11.7 Å². The zero-order valence-electron chi connectivity index (χ0n) is 11.5. The van der Waals surface area contributed by atoms with Gasteiger partial charge in [-0.2, -0.15) is 5.10 Å². The van der Waals surface area contributed by atoms with Crippen molar-refractivity contribution in [1.82, 2.24) is 20.0 Å². The lowest BCUT2D eigenvalue weighted by Crippen LogP contribution is -2.37. The van der Waals surface area contributed by atoms with Gasteiger partial charge in [0.05, 0.1) is 18.9 Å². The van der Waals surface area contributed by atoms with Crippen LogP contribution in [0.3, 0.4) is 0 Å². The van der Waals surface area contributed by atoms with Gasteiger partial charge in [0.2, 0.25) is 0 Å². The Labute approximate surface area is 109 Å². The highest BCUT2D eigenvalue weighted by atomic mass is 16.5. The highest BCUT2D eigenvalue weighted by Gasteiger charge is 2.09. The molecule has 2 rings (SSSR count). The standard InChI is InChI=1S/C13H24N4O/c1-12-13(11-16(2)15-12)10-14-4-3-5-17-6-8-18-9-7-17/h11,14H,3-10H2,1-2H3. The Morgan fingerprint density at radius 2 is 2.17 bits per heavy atom. The highest BCUT2D eigenvalue weighted by molar-refractivity contribution is 5.14. The molecule has 1 saturated heterocycles. The molecule has 1 aliphatic heterocycles. The Morgan fingerprint density at radius 3 is 2.83 bits per heavy atom. The number of aromatic nitrogens is 2. The van der Waals surface area contributed by atoms with Gasteiger partial charge in [-0.3, -0.25) is 9.58 Å². The molecule has 102 valence electrons. The summed E-state index contributed by atoms with van der Waals surface area (Å²) in [7, 11) is 1.97. The van der Waals surface area contributed by atoms with Crippen molar-refractivity contribution in [2.75, 3.05) is 39.4 Å². The van der Waals surface area contributed by atoms with Gasteiger partial charge >= 0.3 is 0 Å². The van der Waals surface area contributed by atoms with Crippen LogP contribution in [0, 0.1) is 6.92 Å². The molecule has 0 spiro atoms. The van der Waals surface area contributed by atoms with Crippen molar-refractivity contribution in [3.63, 3.8) is 0 Å². The molecule has 1 aliphatic rings. The Kier molecular flexibility index (Phi) is 5.16. The zero-order chi connectivity index (χ0) is 12.8. The van der Waals surface area contributed by atoms with Crippen molar-refractivity contribution < 1.29 is 4.74 Å². The normalized spacial score (nSPS) is 17.2. The average molecular weight is 252 g/mol. The number of morpholine rings is 1. The topological polar surface area (TPSA) is 42.3 Å². The van der Waals surface area contributed by atoms with Crippen molar-refractivity contribution in [2.24, 2.45) is 7.05 Å². The first kappa shape index (κ1) is 13.5. The highest BCUT2D eigenvalue weighted by Crippen LogP contribution is 2.03. The molecule has 0 saturated carbocycles. The van der Waals surface area contributed by atoms with Crippen LogP contribution in [0.2, 0.25) is 0 Å². The minimum absolute atomic E-state index is 0.891. The Bertz CT molecular complexity index is 358. The second-order valence-corrected chi connectivity index (χ2v) is 4.90. The molecule has 2 heterocycles. The molecular formula is C13H24N4O. The van der Waals surface area contributed by atoms with Crippen molar-refractivity contribution in [2.45, 2.75) is 19.9 Å². The second-order valence-electron chi connectivity index (χ2n) is 4.90. The van der Waals surface area contributed by atoms with Crippen LogP contribution in [0.4, 0.5) is 0 Å². The van der Waals surface area contributed by atoms with Crippen LogP contribution in [0.5, 0.6) is 0 Å². The van der Waals surface area contributed by atoms with Crippen LogP contribution in [0.15, 0.2) is 6.20 Å². The van der Waals surface area contributed by atoms with E-state index in [2.05, 4.69) is 28.4 Å². The largest absolute Gasteiger partial charge is 0.379 e. The summed E-state index contributed by atoms with van der Waals surface area (Å²) in [5, 5.41) is 7.82. The number of hydrogen-bond acceptors (Lipinski definition) is 4. The summed E-state index contributed by atoms with van der Waals surface area (Å²) in [5.41, 5.74) is 2.42. The van der Waals surface area contributed by atoms with Gasteiger partial charge in [0.1, 0.15) is 0 Å². The van der Waals surface area contributed by atoms with Crippen LogP contribution in [-0.4, -0.2) is 54.1 Å². The summed E-state index contributed by atoms with van der Waals surface area (Å²) < 4.78 is 7.21. The van der Waals surface area contributed by atoms with E-state index in [0.717, 1.165) is 45.1 Å². The van der Waals surface area contributed by atoms with Crippen molar-refractivity contribution in [1.29, 1.82) is 0 Å². The minimum atomic E-state index is 0.891. The molecular weight excluding hydrogens is 228 g/mol. The molecule has 1 aromatic heterocycles. The van der Waals surface area contributed by atoms with Crippen molar-refractivity contribution in [3.8, 4) is 0 Å². The Morgan fingerprint density at radius 1 is 1.39 bits per heavy atom. The van der Waals surface area contributed by atoms with Crippen LogP contribution < -0.4 is 5.32 Å². The molecule has 1 fully saturated rings. The number of rotatable bonds is 6. The summed E-state index contributed by atoms with van der Waals surface area (Å²) in [6.07, 6.45) is 3.28. The van der Waals surface area contributed by atoms with Gasteiger partial charge < -0.3 is 10.1 Å². The number of ether oxygens (including phenoxy) is 1.